The molecule has 0 radical (unpaired) electrons. The second-order valence-corrected chi connectivity index (χ2v) is 6.40. The maximum Gasteiger partial charge on any atom is 0.359 e. The Balaban J connectivity index is 1.56. The summed E-state index contributed by atoms with van der Waals surface area (Å²) in [6, 6.07) is 12.5. The van der Waals surface area contributed by atoms with Crippen molar-refractivity contribution in [3.05, 3.63) is 70.5 Å². The first kappa shape index (κ1) is 17.2. The number of oxazole rings is 1. The van der Waals surface area contributed by atoms with E-state index in [0.717, 1.165) is 11.4 Å². The zero-order chi connectivity index (χ0) is 19.0. The molecule has 0 unspecified atom stereocenters. The molecule has 0 amide bonds. The van der Waals surface area contributed by atoms with Gasteiger partial charge in [0.2, 0.25) is 5.89 Å². The summed E-state index contributed by atoms with van der Waals surface area (Å²) >= 11 is 6.14. The fraction of sp³-hybridized carbons (Fsp3) is 0.158. The van der Waals surface area contributed by atoms with Gasteiger partial charge in [-0.05, 0) is 44.2 Å². The number of ether oxygens (including phenoxy) is 1. The number of para-hydroxylation sites is 2. The molecule has 0 aliphatic carbocycles. The van der Waals surface area contributed by atoms with Gasteiger partial charge in [-0.1, -0.05) is 23.7 Å². The van der Waals surface area contributed by atoms with Crippen LogP contribution in [0.5, 0.6) is 0 Å². The quantitative estimate of drug-likeness (QED) is 0.495. The lowest BCUT2D eigenvalue weighted by atomic mass is 10.3. The predicted molar refractivity (Wildman–Crippen MR) is 99.0 cm³/mol. The minimum atomic E-state index is -0.661. The molecule has 0 bridgehead atoms. The molecule has 4 aromatic rings. The van der Waals surface area contributed by atoms with Crippen LogP contribution in [0.15, 0.2) is 46.9 Å². The standard InChI is InChI=1S/C19H15ClN4O3/c1-11-9-12(2)24(23-11)16-8-7-13(20)18(22-16)19(25)26-10-17-21-14-5-3-4-6-15(14)27-17/h3-9H,10H2,1-2H3. The van der Waals surface area contributed by atoms with E-state index in [2.05, 4.69) is 15.1 Å². The van der Waals surface area contributed by atoms with Crippen molar-refractivity contribution in [2.24, 2.45) is 0 Å². The minimum Gasteiger partial charge on any atom is -0.451 e. The van der Waals surface area contributed by atoms with Crippen LogP contribution in [-0.2, 0) is 11.3 Å². The lowest BCUT2D eigenvalue weighted by molar-refractivity contribution is 0.0433. The van der Waals surface area contributed by atoms with Gasteiger partial charge in [-0.15, -0.1) is 0 Å². The van der Waals surface area contributed by atoms with Crippen molar-refractivity contribution in [1.29, 1.82) is 0 Å². The van der Waals surface area contributed by atoms with E-state index in [1.54, 1.807) is 22.9 Å². The number of aromatic nitrogens is 4. The highest BCUT2D eigenvalue weighted by molar-refractivity contribution is 6.33. The molecule has 0 atom stereocenters. The number of fused-ring (bicyclic) bond motifs is 1. The third-order valence-electron chi connectivity index (χ3n) is 3.92. The Bertz CT molecular complexity index is 1120. The molecule has 7 nitrogen and oxygen atoms in total. The van der Waals surface area contributed by atoms with Gasteiger partial charge in [-0.3, -0.25) is 0 Å². The van der Waals surface area contributed by atoms with E-state index in [-0.39, 0.29) is 17.3 Å². The molecular formula is C19H15ClN4O3. The van der Waals surface area contributed by atoms with Crippen LogP contribution in [-0.4, -0.2) is 25.7 Å². The molecule has 136 valence electrons. The zero-order valence-electron chi connectivity index (χ0n) is 14.6. The first-order chi connectivity index (χ1) is 13.0. The Labute approximate surface area is 159 Å². The van der Waals surface area contributed by atoms with Gasteiger partial charge < -0.3 is 9.15 Å². The molecule has 0 saturated carbocycles. The van der Waals surface area contributed by atoms with Crippen LogP contribution in [0, 0.1) is 13.8 Å². The molecule has 3 aromatic heterocycles. The van der Waals surface area contributed by atoms with Crippen molar-refractivity contribution < 1.29 is 13.9 Å². The molecule has 8 heteroatoms. The van der Waals surface area contributed by atoms with Crippen LogP contribution in [0.2, 0.25) is 5.02 Å². The van der Waals surface area contributed by atoms with Gasteiger partial charge in [-0.2, -0.15) is 5.10 Å². The molecule has 1 aromatic carbocycles. The summed E-state index contributed by atoms with van der Waals surface area (Å²) in [5.41, 5.74) is 3.09. The van der Waals surface area contributed by atoms with Crippen molar-refractivity contribution in [1.82, 2.24) is 19.7 Å². The van der Waals surface area contributed by atoms with Crippen LogP contribution in [0.1, 0.15) is 27.8 Å². The van der Waals surface area contributed by atoms with Crippen LogP contribution in [0.25, 0.3) is 16.9 Å². The second kappa shape index (κ2) is 6.85. The third kappa shape index (κ3) is 3.41. The molecule has 27 heavy (non-hydrogen) atoms. The Kier molecular flexibility index (Phi) is 4.37. The minimum absolute atomic E-state index is 0.0119. The molecule has 0 N–H and O–H groups in total. The number of pyridine rings is 1. The highest BCUT2D eigenvalue weighted by Crippen LogP contribution is 2.20. The third-order valence-corrected chi connectivity index (χ3v) is 4.22. The number of hydrogen-bond donors (Lipinski definition) is 0. The molecule has 0 aliphatic rings. The first-order valence-corrected chi connectivity index (χ1v) is 8.61. The summed E-state index contributed by atoms with van der Waals surface area (Å²) in [6.07, 6.45) is 0. The van der Waals surface area contributed by atoms with E-state index in [1.165, 1.54) is 0 Å². The number of benzene rings is 1. The van der Waals surface area contributed by atoms with E-state index in [9.17, 15) is 4.79 Å². The Morgan fingerprint density at radius 1 is 1.19 bits per heavy atom. The topological polar surface area (TPSA) is 83.0 Å². The SMILES string of the molecule is Cc1cc(C)n(-c2ccc(Cl)c(C(=O)OCc3nc4ccccc4o3)n2)n1. The van der Waals surface area contributed by atoms with Crippen molar-refractivity contribution in [2.45, 2.75) is 20.5 Å². The first-order valence-electron chi connectivity index (χ1n) is 8.23. The molecule has 4 rings (SSSR count). The molecular weight excluding hydrogens is 368 g/mol. The number of hydrogen-bond acceptors (Lipinski definition) is 6. The fourth-order valence-corrected chi connectivity index (χ4v) is 2.91. The van der Waals surface area contributed by atoms with Crippen LogP contribution in [0.3, 0.4) is 0 Å². The lowest BCUT2D eigenvalue weighted by Crippen LogP contribution is -2.11. The van der Waals surface area contributed by atoms with Crippen molar-refractivity contribution in [3.8, 4) is 5.82 Å². The average Bonchev–Trinajstić information content (AvgIpc) is 3.22. The van der Waals surface area contributed by atoms with E-state index in [0.29, 0.717) is 22.8 Å². The maximum atomic E-state index is 12.5. The lowest BCUT2D eigenvalue weighted by Gasteiger charge is -2.08. The van der Waals surface area contributed by atoms with Gasteiger partial charge in [0.05, 0.1) is 10.7 Å². The Hall–Kier alpha value is -3.19. The second-order valence-electron chi connectivity index (χ2n) is 5.99. The molecule has 3 heterocycles. The van der Waals surface area contributed by atoms with Crippen LogP contribution >= 0.6 is 11.6 Å². The summed E-state index contributed by atoms with van der Waals surface area (Å²) in [4.78, 5) is 21.0. The molecule has 0 aliphatic heterocycles. The highest BCUT2D eigenvalue weighted by Gasteiger charge is 2.18. The normalized spacial score (nSPS) is 11.1. The number of nitrogens with zero attached hydrogens (tertiary/aromatic N) is 4. The van der Waals surface area contributed by atoms with E-state index in [1.807, 2.05) is 38.1 Å². The number of aryl methyl sites for hydroxylation is 2. The molecule has 0 saturated heterocycles. The Morgan fingerprint density at radius 2 is 2.00 bits per heavy atom. The van der Waals surface area contributed by atoms with Crippen LogP contribution < -0.4 is 0 Å². The fourth-order valence-electron chi connectivity index (χ4n) is 2.73. The number of carbonyl (C=O) groups is 1. The predicted octanol–water partition coefficient (Wildman–Crippen LogP) is 4.04. The Morgan fingerprint density at radius 3 is 2.74 bits per heavy atom. The van der Waals surface area contributed by atoms with Gasteiger partial charge in [-0.25, -0.2) is 19.4 Å². The van der Waals surface area contributed by atoms with Crippen molar-refractivity contribution >= 4 is 28.7 Å². The van der Waals surface area contributed by atoms with Gasteiger partial charge in [0.15, 0.2) is 23.7 Å². The number of halogens is 1. The average molecular weight is 383 g/mol. The summed E-state index contributed by atoms with van der Waals surface area (Å²) < 4.78 is 12.5. The van der Waals surface area contributed by atoms with Gasteiger partial charge in [0.1, 0.15) is 5.52 Å². The summed E-state index contributed by atoms with van der Waals surface area (Å²) in [5, 5.41) is 4.56. The number of carbonyl (C=O) groups excluding carboxylic acids is 1. The van der Waals surface area contributed by atoms with Crippen molar-refractivity contribution in [3.63, 3.8) is 0 Å². The smallest absolute Gasteiger partial charge is 0.359 e. The van der Waals surface area contributed by atoms with Gasteiger partial charge in [0, 0.05) is 5.69 Å². The summed E-state index contributed by atoms with van der Waals surface area (Å²) in [7, 11) is 0. The van der Waals surface area contributed by atoms with Crippen molar-refractivity contribution in [2.75, 3.05) is 0 Å². The monoisotopic (exact) mass is 382 g/mol. The van der Waals surface area contributed by atoms with Crippen LogP contribution in [0.4, 0.5) is 0 Å². The van der Waals surface area contributed by atoms with Gasteiger partial charge in [0.25, 0.3) is 0 Å². The number of rotatable bonds is 4. The largest absolute Gasteiger partial charge is 0.451 e. The number of esters is 1. The summed E-state index contributed by atoms with van der Waals surface area (Å²) in [5.74, 6) is 0.125. The molecule has 0 spiro atoms. The zero-order valence-corrected chi connectivity index (χ0v) is 15.4. The van der Waals surface area contributed by atoms with E-state index >= 15 is 0 Å². The highest BCUT2D eigenvalue weighted by atomic mass is 35.5. The summed E-state index contributed by atoms with van der Waals surface area (Å²) in [6.45, 7) is 3.67. The van der Waals surface area contributed by atoms with E-state index in [4.69, 9.17) is 20.8 Å². The maximum absolute atomic E-state index is 12.5. The van der Waals surface area contributed by atoms with E-state index < -0.39 is 5.97 Å². The van der Waals surface area contributed by atoms with Gasteiger partial charge >= 0.3 is 5.97 Å². The molecule has 0 fully saturated rings.